The molecule has 5 N–H and O–H groups in total. The summed E-state index contributed by atoms with van der Waals surface area (Å²) in [7, 11) is -10.7. The summed E-state index contributed by atoms with van der Waals surface area (Å²) in [6, 6.07) is 0. The maximum absolute atomic E-state index is 11.3. The van der Waals surface area contributed by atoms with E-state index in [0.29, 0.717) is 11.8 Å². The molecule has 124 valence electrons. The van der Waals surface area contributed by atoms with Crippen molar-refractivity contribution in [2.24, 2.45) is 11.8 Å². The predicted octanol–water partition coefficient (Wildman–Crippen LogP) is 0.500. The quantitative estimate of drug-likeness (QED) is 0.455. The van der Waals surface area contributed by atoms with Crippen LogP contribution in [0.25, 0.3) is 0 Å². The van der Waals surface area contributed by atoms with Gasteiger partial charge in [0.1, 0.15) is 0 Å². The molecule has 21 heavy (non-hydrogen) atoms. The molecular weight excluding hydrogens is 320 g/mol. The van der Waals surface area contributed by atoms with E-state index in [9.17, 15) is 14.2 Å². The lowest BCUT2D eigenvalue weighted by atomic mass is 9.84. The molecule has 1 aliphatic carbocycles. The molecule has 3 rings (SSSR count). The summed E-state index contributed by atoms with van der Waals surface area (Å²) >= 11 is 0. The van der Waals surface area contributed by atoms with Crippen molar-refractivity contribution in [3.8, 4) is 0 Å². The van der Waals surface area contributed by atoms with E-state index in [1.807, 2.05) is 4.90 Å². The zero-order chi connectivity index (χ0) is 15.9. The van der Waals surface area contributed by atoms with Crippen molar-refractivity contribution >= 4 is 15.2 Å². The average Bonchev–Trinajstić information content (AvgIpc) is 2.65. The van der Waals surface area contributed by atoms with Crippen LogP contribution in [0.5, 0.6) is 0 Å². The molecule has 0 aromatic carbocycles. The summed E-state index contributed by atoms with van der Waals surface area (Å²) in [6.45, 7) is 1.59. The molecule has 0 radical (unpaired) electrons. The fourth-order valence-corrected chi connectivity index (χ4v) is 5.49. The van der Waals surface area contributed by atoms with Gasteiger partial charge in [0.2, 0.25) is 0 Å². The molecule has 0 amide bonds. The Balaban J connectivity index is 2.06. The average molecular weight is 343 g/mol. The molecule has 0 aromatic heterocycles. The van der Waals surface area contributed by atoms with Gasteiger partial charge in [-0.15, -0.1) is 0 Å². The standard InChI is InChI=1S/C11H23NO7P2/c13-11(20(14,15)16,21(17,18)19)5-6-12-7-9-1-2-10(8-12)4-3-9/h9-10,13H,1-8H2,(H2,14,15,16)(H2,17,18,19). The van der Waals surface area contributed by atoms with Gasteiger partial charge in [-0.2, -0.15) is 0 Å². The lowest BCUT2D eigenvalue weighted by molar-refractivity contribution is 0.106. The molecule has 2 heterocycles. The molecular formula is C11H23NO7P2. The monoisotopic (exact) mass is 343 g/mol. The Morgan fingerprint density at radius 3 is 1.62 bits per heavy atom. The number of rotatable bonds is 5. The zero-order valence-corrected chi connectivity index (χ0v) is 13.5. The van der Waals surface area contributed by atoms with Crippen LogP contribution in [0, 0.1) is 11.8 Å². The first kappa shape index (κ1) is 17.6. The lowest BCUT2D eigenvalue weighted by Gasteiger charge is -2.32. The van der Waals surface area contributed by atoms with Crippen LogP contribution in [-0.4, -0.2) is 54.3 Å². The van der Waals surface area contributed by atoms with Gasteiger partial charge in [0.05, 0.1) is 0 Å². The number of hydrogen-bond donors (Lipinski definition) is 5. The maximum Gasteiger partial charge on any atom is 0.369 e. The minimum absolute atomic E-state index is 0.0692. The van der Waals surface area contributed by atoms with Crippen molar-refractivity contribution in [2.45, 2.75) is 37.2 Å². The van der Waals surface area contributed by atoms with Gasteiger partial charge in [-0.25, -0.2) is 0 Å². The second kappa shape index (κ2) is 6.02. The second-order valence-electron chi connectivity index (χ2n) is 6.26. The summed E-state index contributed by atoms with van der Waals surface area (Å²) < 4.78 is 22.6. The van der Waals surface area contributed by atoms with Gasteiger partial charge in [-0.1, -0.05) is 0 Å². The van der Waals surface area contributed by atoms with E-state index in [2.05, 4.69) is 0 Å². The van der Waals surface area contributed by atoms with Crippen LogP contribution in [0.2, 0.25) is 0 Å². The van der Waals surface area contributed by atoms with Gasteiger partial charge >= 0.3 is 15.2 Å². The lowest BCUT2D eigenvalue weighted by Crippen LogP contribution is -2.37. The van der Waals surface area contributed by atoms with Crippen LogP contribution in [0.1, 0.15) is 32.1 Å². The number of hydrogen-bond acceptors (Lipinski definition) is 4. The van der Waals surface area contributed by atoms with Crippen molar-refractivity contribution in [2.75, 3.05) is 19.6 Å². The normalized spacial score (nSPS) is 28.6. The Hall–Kier alpha value is 0.220. The molecule has 2 saturated heterocycles. The second-order valence-corrected chi connectivity index (χ2v) is 10.3. The molecule has 0 aromatic rings. The van der Waals surface area contributed by atoms with Gasteiger partial charge < -0.3 is 29.6 Å². The Labute approximate surface area is 123 Å². The Morgan fingerprint density at radius 2 is 1.29 bits per heavy atom. The van der Waals surface area contributed by atoms with Crippen LogP contribution in [0.4, 0.5) is 0 Å². The molecule has 3 aliphatic rings. The van der Waals surface area contributed by atoms with E-state index < -0.39 is 26.7 Å². The van der Waals surface area contributed by atoms with Crippen LogP contribution in [0.3, 0.4) is 0 Å². The third kappa shape index (κ3) is 3.77. The van der Waals surface area contributed by atoms with Crippen LogP contribution < -0.4 is 0 Å². The van der Waals surface area contributed by atoms with E-state index >= 15 is 0 Å². The fraction of sp³-hybridized carbons (Fsp3) is 1.00. The van der Waals surface area contributed by atoms with Gasteiger partial charge in [0, 0.05) is 26.1 Å². The van der Waals surface area contributed by atoms with Gasteiger partial charge in [0.15, 0.2) is 0 Å². The number of nitrogens with zero attached hydrogens (tertiary/aromatic N) is 1. The van der Waals surface area contributed by atoms with Gasteiger partial charge in [0.25, 0.3) is 5.08 Å². The molecule has 3 fully saturated rings. The van der Waals surface area contributed by atoms with Crippen molar-refractivity contribution in [3.63, 3.8) is 0 Å². The van der Waals surface area contributed by atoms with E-state index in [1.165, 1.54) is 0 Å². The highest BCUT2D eigenvalue weighted by molar-refractivity contribution is 7.72. The minimum atomic E-state index is -5.34. The smallest absolute Gasteiger partial charge is 0.367 e. The van der Waals surface area contributed by atoms with E-state index in [0.717, 1.165) is 38.8 Å². The Bertz CT molecular complexity index is 429. The fourth-order valence-electron chi connectivity index (χ4n) is 3.35. The Kier molecular flexibility index (Phi) is 5.04. The highest BCUT2D eigenvalue weighted by Gasteiger charge is 2.59. The van der Waals surface area contributed by atoms with Crippen molar-refractivity contribution < 1.29 is 33.8 Å². The molecule has 0 atom stereocenters. The summed E-state index contributed by atoms with van der Waals surface area (Å²) in [5, 5.41) is 6.59. The van der Waals surface area contributed by atoms with Crippen molar-refractivity contribution in [3.05, 3.63) is 0 Å². The Morgan fingerprint density at radius 1 is 0.905 bits per heavy atom. The first-order valence-corrected chi connectivity index (χ1v) is 10.3. The summed E-state index contributed by atoms with van der Waals surface area (Å²) in [5.41, 5.74) is 0. The van der Waals surface area contributed by atoms with E-state index in [4.69, 9.17) is 19.6 Å². The summed E-state index contributed by atoms with van der Waals surface area (Å²) in [6.07, 6.45) is 3.87. The van der Waals surface area contributed by atoms with E-state index in [1.54, 1.807) is 0 Å². The molecule has 1 saturated carbocycles. The summed E-state index contributed by atoms with van der Waals surface area (Å²) in [4.78, 5) is 38.5. The van der Waals surface area contributed by atoms with Gasteiger partial charge in [-0.05, 0) is 37.5 Å². The first-order valence-electron chi connectivity index (χ1n) is 7.09. The SMILES string of the molecule is O=P(O)(O)C(O)(CCN1CC2CCC(CC2)C1)P(=O)(O)O. The molecule has 2 bridgehead atoms. The largest absolute Gasteiger partial charge is 0.369 e. The van der Waals surface area contributed by atoms with Crippen molar-refractivity contribution in [1.29, 1.82) is 0 Å². The van der Waals surface area contributed by atoms with Crippen LogP contribution in [0.15, 0.2) is 0 Å². The third-order valence-corrected chi connectivity index (χ3v) is 8.57. The highest BCUT2D eigenvalue weighted by Crippen LogP contribution is 2.68. The summed E-state index contributed by atoms with van der Waals surface area (Å²) in [5.74, 6) is 1.06. The zero-order valence-electron chi connectivity index (χ0n) is 11.7. The number of fused-ring (bicyclic) bond motifs is 4. The van der Waals surface area contributed by atoms with Gasteiger partial charge in [-0.3, -0.25) is 9.13 Å². The molecule has 0 unspecified atom stereocenters. The third-order valence-electron chi connectivity index (χ3n) is 4.70. The maximum atomic E-state index is 11.3. The molecule has 10 heteroatoms. The van der Waals surface area contributed by atoms with E-state index in [-0.39, 0.29) is 6.54 Å². The van der Waals surface area contributed by atoms with Crippen LogP contribution >= 0.6 is 15.2 Å². The topological polar surface area (TPSA) is 139 Å². The first-order chi connectivity index (χ1) is 9.53. The number of aliphatic hydroxyl groups is 1. The van der Waals surface area contributed by atoms with Crippen LogP contribution in [-0.2, 0) is 9.13 Å². The highest BCUT2D eigenvalue weighted by atomic mass is 31.2. The molecule has 0 spiro atoms. The minimum Gasteiger partial charge on any atom is -0.367 e. The molecule has 2 aliphatic heterocycles. The predicted molar refractivity (Wildman–Crippen MR) is 75.5 cm³/mol. The van der Waals surface area contributed by atoms with Crippen molar-refractivity contribution in [1.82, 2.24) is 4.90 Å². The molecule has 8 nitrogen and oxygen atoms in total.